The Morgan fingerprint density at radius 3 is 2.29 bits per heavy atom. The van der Waals surface area contributed by atoms with Crippen molar-refractivity contribution >= 4 is 42.3 Å². The minimum Gasteiger partial charge on any atom is -0.369 e. The Kier molecular flexibility index (Phi) is 11.7. The van der Waals surface area contributed by atoms with E-state index < -0.39 is 5.41 Å². The van der Waals surface area contributed by atoms with Crippen molar-refractivity contribution in [2.75, 3.05) is 25.0 Å². The maximum absolute atomic E-state index is 12.7. The summed E-state index contributed by atoms with van der Waals surface area (Å²) in [5.74, 6) is -0.196. The topological polar surface area (TPSA) is 101 Å². The number of likely N-dealkylation sites (tertiary alicyclic amines) is 1. The molecular weight excluding hydrogens is 399 g/mol. The second-order valence-corrected chi connectivity index (χ2v) is 7.30. The molecule has 28 heavy (non-hydrogen) atoms. The molecule has 160 valence electrons. The van der Waals surface area contributed by atoms with Crippen LogP contribution >= 0.6 is 24.8 Å². The largest absolute Gasteiger partial charge is 0.369 e. The number of hydrogen-bond acceptors (Lipinski definition) is 4. The van der Waals surface area contributed by atoms with Gasteiger partial charge in [-0.3, -0.25) is 14.5 Å². The Morgan fingerprint density at radius 2 is 1.79 bits per heavy atom. The van der Waals surface area contributed by atoms with Crippen LogP contribution in [0.4, 0.5) is 5.69 Å². The van der Waals surface area contributed by atoms with Gasteiger partial charge in [-0.1, -0.05) is 26.0 Å². The van der Waals surface area contributed by atoms with E-state index in [0.29, 0.717) is 6.54 Å². The zero-order chi connectivity index (χ0) is 19.2. The van der Waals surface area contributed by atoms with E-state index in [9.17, 15) is 9.59 Å². The summed E-state index contributed by atoms with van der Waals surface area (Å²) in [7, 11) is 0. The number of halogens is 2. The number of hydrogen-bond donors (Lipinski definition) is 3. The normalized spacial score (nSPS) is 15.2. The van der Waals surface area contributed by atoms with Crippen molar-refractivity contribution in [3.8, 4) is 0 Å². The molecule has 0 atom stereocenters. The van der Waals surface area contributed by atoms with Crippen LogP contribution in [0.5, 0.6) is 0 Å². The van der Waals surface area contributed by atoms with Crippen molar-refractivity contribution in [2.45, 2.75) is 46.1 Å². The third kappa shape index (κ3) is 6.62. The first kappa shape index (κ1) is 26.7. The molecule has 2 rings (SSSR count). The average Bonchev–Trinajstić information content (AvgIpc) is 2.64. The molecule has 2 amide bonds. The van der Waals surface area contributed by atoms with E-state index in [1.54, 1.807) is 0 Å². The van der Waals surface area contributed by atoms with Gasteiger partial charge in [0.2, 0.25) is 11.8 Å². The van der Waals surface area contributed by atoms with Crippen LogP contribution < -0.4 is 16.8 Å². The van der Waals surface area contributed by atoms with Crippen LogP contribution in [0.2, 0.25) is 0 Å². The lowest BCUT2D eigenvalue weighted by molar-refractivity contribution is -0.125. The second-order valence-electron chi connectivity index (χ2n) is 7.30. The van der Waals surface area contributed by atoms with E-state index in [1.807, 2.05) is 32.0 Å². The number of rotatable bonds is 8. The van der Waals surface area contributed by atoms with Gasteiger partial charge in [-0.25, -0.2) is 0 Å². The smallest absolute Gasteiger partial charge is 0.231 e. The summed E-state index contributed by atoms with van der Waals surface area (Å²) in [5.41, 5.74) is 12.7. The van der Waals surface area contributed by atoms with Crippen molar-refractivity contribution in [1.82, 2.24) is 4.90 Å². The predicted octanol–water partition coefficient (Wildman–Crippen LogP) is 2.93. The summed E-state index contributed by atoms with van der Waals surface area (Å²) >= 11 is 0. The number of nitrogens with zero attached hydrogens (tertiary/aromatic N) is 1. The number of benzene rings is 1. The number of amides is 2. The first-order chi connectivity index (χ1) is 12.4. The van der Waals surface area contributed by atoms with Crippen LogP contribution in [-0.4, -0.2) is 36.3 Å². The fourth-order valence-corrected chi connectivity index (χ4v) is 3.60. The van der Waals surface area contributed by atoms with Crippen LogP contribution in [0.3, 0.4) is 0 Å². The SMILES string of the molecule is CCC(CC)(CN)C(=O)Nc1cccc(CN2CCC(C(N)=O)CC2)c1.Cl.Cl. The van der Waals surface area contributed by atoms with Crippen LogP contribution in [0.1, 0.15) is 45.1 Å². The molecular formula is C20H34Cl2N4O2. The van der Waals surface area contributed by atoms with Crippen LogP contribution in [-0.2, 0) is 16.1 Å². The monoisotopic (exact) mass is 432 g/mol. The molecule has 0 spiro atoms. The highest BCUT2D eigenvalue weighted by Gasteiger charge is 2.33. The first-order valence-electron chi connectivity index (χ1n) is 9.56. The Balaban J connectivity index is 0.00000364. The number of nitrogens with two attached hydrogens (primary N) is 2. The molecule has 1 heterocycles. The van der Waals surface area contributed by atoms with Crippen molar-refractivity contribution in [3.63, 3.8) is 0 Å². The molecule has 1 saturated heterocycles. The zero-order valence-corrected chi connectivity index (χ0v) is 18.4. The minimum atomic E-state index is -0.507. The van der Waals surface area contributed by atoms with Gasteiger partial charge >= 0.3 is 0 Å². The van der Waals surface area contributed by atoms with Gasteiger partial charge in [0, 0.05) is 24.7 Å². The molecule has 0 aromatic heterocycles. The fourth-order valence-electron chi connectivity index (χ4n) is 3.60. The van der Waals surface area contributed by atoms with Crippen molar-refractivity contribution in [3.05, 3.63) is 29.8 Å². The molecule has 1 aromatic carbocycles. The highest BCUT2D eigenvalue weighted by molar-refractivity contribution is 5.95. The third-order valence-corrected chi connectivity index (χ3v) is 5.81. The van der Waals surface area contributed by atoms with Crippen LogP contribution in [0, 0.1) is 11.3 Å². The van der Waals surface area contributed by atoms with Gasteiger partial charge in [0.15, 0.2) is 0 Å². The summed E-state index contributed by atoms with van der Waals surface area (Å²) in [6, 6.07) is 7.95. The highest BCUT2D eigenvalue weighted by atomic mass is 35.5. The maximum atomic E-state index is 12.7. The second kappa shape index (κ2) is 12.3. The number of carbonyl (C=O) groups excluding carboxylic acids is 2. The summed E-state index contributed by atoms with van der Waals surface area (Å²) < 4.78 is 0. The summed E-state index contributed by atoms with van der Waals surface area (Å²) in [6.45, 7) is 6.89. The van der Waals surface area contributed by atoms with Gasteiger partial charge in [-0.05, 0) is 56.5 Å². The predicted molar refractivity (Wildman–Crippen MR) is 119 cm³/mol. The molecule has 1 aromatic rings. The van der Waals surface area contributed by atoms with Gasteiger partial charge in [0.25, 0.3) is 0 Å². The highest BCUT2D eigenvalue weighted by Crippen LogP contribution is 2.27. The van der Waals surface area contributed by atoms with E-state index in [4.69, 9.17) is 11.5 Å². The van der Waals surface area contributed by atoms with Gasteiger partial charge in [0.1, 0.15) is 0 Å². The van der Waals surface area contributed by atoms with E-state index in [2.05, 4.69) is 16.3 Å². The molecule has 0 unspecified atom stereocenters. The average molecular weight is 433 g/mol. The quantitative estimate of drug-likeness (QED) is 0.587. The number of carbonyl (C=O) groups is 2. The molecule has 1 fully saturated rings. The third-order valence-electron chi connectivity index (χ3n) is 5.81. The molecule has 6 nitrogen and oxygen atoms in total. The Hall–Kier alpha value is -1.34. The molecule has 0 bridgehead atoms. The van der Waals surface area contributed by atoms with Gasteiger partial charge < -0.3 is 16.8 Å². The van der Waals surface area contributed by atoms with Gasteiger partial charge in [-0.2, -0.15) is 0 Å². The number of nitrogens with one attached hydrogen (secondary N) is 1. The maximum Gasteiger partial charge on any atom is 0.231 e. The van der Waals surface area contributed by atoms with Crippen LogP contribution in [0.25, 0.3) is 0 Å². The van der Waals surface area contributed by atoms with Crippen molar-refractivity contribution < 1.29 is 9.59 Å². The molecule has 0 radical (unpaired) electrons. The Labute approximate surface area is 180 Å². The molecule has 0 aliphatic carbocycles. The molecule has 1 aliphatic rings. The lowest BCUT2D eigenvalue weighted by atomic mass is 9.81. The number of primary amides is 1. The summed E-state index contributed by atoms with van der Waals surface area (Å²) in [5, 5.41) is 3.04. The molecule has 8 heteroatoms. The van der Waals surface area contributed by atoms with E-state index >= 15 is 0 Å². The zero-order valence-electron chi connectivity index (χ0n) is 16.8. The molecule has 5 N–H and O–H groups in total. The fraction of sp³-hybridized carbons (Fsp3) is 0.600. The number of anilines is 1. The van der Waals surface area contributed by atoms with E-state index in [-0.39, 0.29) is 42.5 Å². The first-order valence-corrected chi connectivity index (χ1v) is 9.56. The van der Waals surface area contributed by atoms with Gasteiger partial charge in [-0.15, -0.1) is 24.8 Å². The van der Waals surface area contributed by atoms with E-state index in [1.165, 1.54) is 0 Å². The van der Waals surface area contributed by atoms with Crippen LogP contribution in [0.15, 0.2) is 24.3 Å². The van der Waals surface area contributed by atoms with Gasteiger partial charge in [0.05, 0.1) is 5.41 Å². The molecule has 1 aliphatic heterocycles. The Bertz CT molecular complexity index is 622. The summed E-state index contributed by atoms with van der Waals surface area (Å²) in [4.78, 5) is 26.3. The minimum absolute atomic E-state index is 0. The molecule has 0 saturated carbocycles. The van der Waals surface area contributed by atoms with Crippen molar-refractivity contribution in [1.29, 1.82) is 0 Å². The Morgan fingerprint density at radius 1 is 1.18 bits per heavy atom. The van der Waals surface area contributed by atoms with Crippen molar-refractivity contribution in [2.24, 2.45) is 22.8 Å². The van der Waals surface area contributed by atoms with E-state index in [0.717, 1.165) is 56.6 Å². The summed E-state index contributed by atoms with van der Waals surface area (Å²) in [6.07, 6.45) is 3.08. The standard InChI is InChI=1S/C20H32N4O2.2ClH/c1-3-20(4-2,14-21)19(26)23-17-7-5-6-15(12-17)13-24-10-8-16(9-11-24)18(22)25;;/h5-7,12,16H,3-4,8-11,13-14,21H2,1-2H3,(H2,22,25)(H,23,26);2*1H. The lowest BCUT2D eigenvalue weighted by Crippen LogP contribution is -2.41. The lowest BCUT2D eigenvalue weighted by Gasteiger charge is -2.30. The number of piperidine rings is 1.